The molecule has 7 nitrogen and oxygen atoms in total. The number of para-hydroxylation sites is 2. The van der Waals surface area contributed by atoms with E-state index in [0.29, 0.717) is 42.9 Å². The maximum Gasteiger partial charge on any atom is 0.227 e. The summed E-state index contributed by atoms with van der Waals surface area (Å²) in [4.78, 5) is 19.4. The Kier molecular flexibility index (Phi) is 5.89. The molecule has 4 rings (SSSR count). The number of piperidine rings is 1. The summed E-state index contributed by atoms with van der Waals surface area (Å²) in [5, 5.41) is 13.5. The van der Waals surface area contributed by atoms with Gasteiger partial charge in [0.1, 0.15) is 17.6 Å². The van der Waals surface area contributed by atoms with Crippen LogP contribution in [0.15, 0.2) is 48.7 Å². The molecule has 1 aliphatic rings. The van der Waals surface area contributed by atoms with Crippen LogP contribution in [0.5, 0.6) is 11.5 Å². The fourth-order valence-electron chi connectivity index (χ4n) is 4.06. The molecule has 3 aromatic rings. The molecule has 0 unspecified atom stereocenters. The van der Waals surface area contributed by atoms with Gasteiger partial charge in [0.25, 0.3) is 0 Å². The minimum atomic E-state index is -0.102. The van der Waals surface area contributed by atoms with Gasteiger partial charge >= 0.3 is 0 Å². The summed E-state index contributed by atoms with van der Waals surface area (Å²) in [6, 6.07) is 15.3. The molecule has 2 aromatic carbocycles. The zero-order chi connectivity index (χ0) is 21.8. The van der Waals surface area contributed by atoms with Crippen molar-refractivity contribution in [1.29, 1.82) is 5.26 Å². The van der Waals surface area contributed by atoms with Crippen LogP contribution >= 0.6 is 0 Å². The van der Waals surface area contributed by atoms with Gasteiger partial charge in [-0.15, -0.1) is 0 Å². The first kappa shape index (κ1) is 20.5. The highest BCUT2D eigenvalue weighted by atomic mass is 16.5. The molecule has 1 fully saturated rings. The summed E-state index contributed by atoms with van der Waals surface area (Å²) in [7, 11) is 3.21. The highest BCUT2D eigenvalue weighted by Crippen LogP contribution is 2.35. The molecule has 0 radical (unpaired) electrons. The van der Waals surface area contributed by atoms with E-state index in [1.807, 2.05) is 42.5 Å². The average molecular weight is 416 g/mol. The number of methoxy groups -OCH3 is 2. The average Bonchev–Trinajstić information content (AvgIpc) is 2.83. The van der Waals surface area contributed by atoms with Crippen LogP contribution in [0.4, 0.5) is 11.4 Å². The van der Waals surface area contributed by atoms with Gasteiger partial charge in [0.15, 0.2) is 0 Å². The zero-order valence-electron chi connectivity index (χ0n) is 17.6. The third kappa shape index (κ3) is 4.10. The van der Waals surface area contributed by atoms with Crippen LogP contribution in [0.2, 0.25) is 0 Å². The highest BCUT2D eigenvalue weighted by molar-refractivity contribution is 5.96. The zero-order valence-corrected chi connectivity index (χ0v) is 17.6. The van der Waals surface area contributed by atoms with Crippen LogP contribution in [0.1, 0.15) is 18.4 Å². The van der Waals surface area contributed by atoms with Crippen molar-refractivity contribution >= 4 is 28.2 Å². The third-order valence-electron chi connectivity index (χ3n) is 5.71. The number of hydrogen-bond acceptors (Lipinski definition) is 6. The molecule has 0 atom stereocenters. The summed E-state index contributed by atoms with van der Waals surface area (Å²) < 4.78 is 10.7. The SMILES string of the molecule is COc1ccc2ncc(C#N)c(N3CCC(C(=O)Nc4ccccc4OC)CC3)c2c1. The van der Waals surface area contributed by atoms with Crippen LogP contribution in [0.3, 0.4) is 0 Å². The number of benzene rings is 2. The predicted octanol–water partition coefficient (Wildman–Crippen LogP) is 3.98. The Hall–Kier alpha value is -3.79. The van der Waals surface area contributed by atoms with Gasteiger partial charge in [0.2, 0.25) is 5.91 Å². The summed E-state index contributed by atoms with van der Waals surface area (Å²) >= 11 is 0. The normalized spacial score (nSPS) is 14.2. The van der Waals surface area contributed by atoms with Gasteiger partial charge in [0.05, 0.1) is 36.7 Å². The number of hydrogen-bond donors (Lipinski definition) is 1. The third-order valence-corrected chi connectivity index (χ3v) is 5.71. The van der Waals surface area contributed by atoms with Gasteiger partial charge in [0, 0.05) is 30.6 Å². The summed E-state index contributed by atoms with van der Waals surface area (Å²) in [6.45, 7) is 1.35. The maximum atomic E-state index is 12.8. The van der Waals surface area contributed by atoms with Gasteiger partial charge < -0.3 is 19.7 Å². The number of carbonyl (C=O) groups excluding carboxylic acids is 1. The van der Waals surface area contributed by atoms with Crippen molar-refractivity contribution in [3.8, 4) is 17.6 Å². The molecule has 0 spiro atoms. The van der Waals surface area contributed by atoms with Crippen molar-refractivity contribution in [2.24, 2.45) is 5.92 Å². The number of rotatable bonds is 5. The Bertz CT molecular complexity index is 1150. The lowest BCUT2D eigenvalue weighted by Gasteiger charge is -2.34. The van der Waals surface area contributed by atoms with Gasteiger partial charge in [-0.3, -0.25) is 9.78 Å². The smallest absolute Gasteiger partial charge is 0.227 e. The lowest BCUT2D eigenvalue weighted by Crippen LogP contribution is -2.38. The Morgan fingerprint density at radius 3 is 2.65 bits per heavy atom. The fourth-order valence-corrected chi connectivity index (χ4v) is 4.06. The van der Waals surface area contributed by atoms with E-state index in [0.717, 1.165) is 22.3 Å². The minimum absolute atomic E-state index is 0.00841. The molecule has 2 heterocycles. The second kappa shape index (κ2) is 8.92. The van der Waals surface area contributed by atoms with Gasteiger partial charge in [-0.05, 0) is 43.2 Å². The topological polar surface area (TPSA) is 87.5 Å². The number of amides is 1. The molecular formula is C24H24N4O3. The first-order valence-corrected chi connectivity index (χ1v) is 10.2. The van der Waals surface area contributed by atoms with Crippen LogP contribution in [0, 0.1) is 17.2 Å². The molecule has 0 saturated carbocycles. The number of fused-ring (bicyclic) bond motifs is 1. The summed E-state index contributed by atoms with van der Waals surface area (Å²) in [5.74, 6) is 1.25. The number of carbonyl (C=O) groups is 1. The molecule has 158 valence electrons. The molecule has 1 N–H and O–H groups in total. The standard InChI is InChI=1S/C24H24N4O3/c1-30-18-7-8-20-19(13-18)23(17(14-25)15-26-20)28-11-9-16(10-12-28)24(29)27-21-5-3-4-6-22(21)31-2/h3-8,13,15-16H,9-12H2,1-2H3,(H,27,29). The Balaban J connectivity index is 1.53. The van der Waals surface area contributed by atoms with E-state index < -0.39 is 0 Å². The summed E-state index contributed by atoms with van der Waals surface area (Å²) in [5.41, 5.74) is 2.87. The highest BCUT2D eigenvalue weighted by Gasteiger charge is 2.28. The number of pyridine rings is 1. The van der Waals surface area contributed by atoms with Crippen molar-refractivity contribution in [2.75, 3.05) is 37.5 Å². The van der Waals surface area contributed by atoms with Gasteiger partial charge in [-0.1, -0.05) is 12.1 Å². The van der Waals surface area contributed by atoms with Crippen molar-refractivity contribution in [3.63, 3.8) is 0 Å². The number of nitrogens with one attached hydrogen (secondary N) is 1. The predicted molar refractivity (Wildman–Crippen MR) is 120 cm³/mol. The van der Waals surface area contributed by atoms with Crippen molar-refractivity contribution < 1.29 is 14.3 Å². The number of anilines is 2. The van der Waals surface area contributed by atoms with E-state index in [2.05, 4.69) is 21.3 Å². The largest absolute Gasteiger partial charge is 0.497 e. The summed E-state index contributed by atoms with van der Waals surface area (Å²) in [6.07, 6.45) is 3.00. The van der Waals surface area contributed by atoms with Crippen LogP contribution in [-0.2, 0) is 4.79 Å². The van der Waals surface area contributed by atoms with Crippen LogP contribution in [-0.4, -0.2) is 38.2 Å². The molecule has 1 saturated heterocycles. The number of nitrogens with zero attached hydrogens (tertiary/aromatic N) is 3. The van der Waals surface area contributed by atoms with Crippen molar-refractivity contribution in [3.05, 3.63) is 54.2 Å². The number of aromatic nitrogens is 1. The fraction of sp³-hybridized carbons (Fsp3) is 0.292. The first-order valence-electron chi connectivity index (χ1n) is 10.2. The number of nitriles is 1. The van der Waals surface area contributed by atoms with Crippen LogP contribution < -0.4 is 19.7 Å². The monoisotopic (exact) mass is 416 g/mol. The maximum absolute atomic E-state index is 12.8. The minimum Gasteiger partial charge on any atom is -0.497 e. The van der Waals surface area contributed by atoms with E-state index in [1.54, 1.807) is 20.4 Å². The Morgan fingerprint density at radius 2 is 1.94 bits per heavy atom. The van der Waals surface area contributed by atoms with E-state index in [9.17, 15) is 10.1 Å². The number of ether oxygens (including phenoxy) is 2. The molecular weight excluding hydrogens is 392 g/mol. The van der Waals surface area contributed by atoms with Crippen molar-refractivity contribution in [1.82, 2.24) is 4.98 Å². The lowest BCUT2D eigenvalue weighted by molar-refractivity contribution is -0.120. The molecule has 1 amide bonds. The molecule has 1 aromatic heterocycles. The molecule has 7 heteroatoms. The molecule has 1 aliphatic heterocycles. The molecule has 0 aliphatic carbocycles. The van der Waals surface area contributed by atoms with Gasteiger partial charge in [-0.25, -0.2) is 0 Å². The Morgan fingerprint density at radius 1 is 1.16 bits per heavy atom. The Labute approximate surface area is 181 Å². The molecule has 0 bridgehead atoms. The molecule has 31 heavy (non-hydrogen) atoms. The lowest BCUT2D eigenvalue weighted by atomic mass is 9.94. The quantitative estimate of drug-likeness (QED) is 0.677. The second-order valence-corrected chi connectivity index (χ2v) is 7.47. The van der Waals surface area contributed by atoms with Crippen LogP contribution in [0.25, 0.3) is 10.9 Å². The van der Waals surface area contributed by atoms with E-state index in [4.69, 9.17) is 9.47 Å². The van der Waals surface area contributed by atoms with E-state index in [1.165, 1.54) is 0 Å². The van der Waals surface area contributed by atoms with Gasteiger partial charge in [-0.2, -0.15) is 5.26 Å². The van der Waals surface area contributed by atoms with E-state index in [-0.39, 0.29) is 11.8 Å². The van der Waals surface area contributed by atoms with Crippen molar-refractivity contribution in [2.45, 2.75) is 12.8 Å². The first-order chi connectivity index (χ1) is 15.1. The van der Waals surface area contributed by atoms with E-state index >= 15 is 0 Å². The second-order valence-electron chi connectivity index (χ2n) is 7.47.